The standard InChI is InChI=1S/C13H9N5S/c1-8-17-11-3-2-9(4-12(11)19-8)18-13-7-15-10(5-14)6-16-13/h2-4,6-7H,1H3,(H,16,18). The highest BCUT2D eigenvalue weighted by Crippen LogP contribution is 2.25. The van der Waals surface area contributed by atoms with E-state index >= 15 is 0 Å². The molecular weight excluding hydrogens is 258 g/mol. The molecule has 5 nitrogen and oxygen atoms in total. The van der Waals surface area contributed by atoms with Gasteiger partial charge in [0.15, 0.2) is 5.69 Å². The van der Waals surface area contributed by atoms with Gasteiger partial charge in [0.1, 0.15) is 11.9 Å². The van der Waals surface area contributed by atoms with Crippen LogP contribution in [0.5, 0.6) is 0 Å². The van der Waals surface area contributed by atoms with E-state index in [9.17, 15) is 0 Å². The summed E-state index contributed by atoms with van der Waals surface area (Å²) in [5.41, 5.74) is 2.23. The van der Waals surface area contributed by atoms with Gasteiger partial charge in [0, 0.05) is 5.69 Å². The van der Waals surface area contributed by atoms with Crippen molar-refractivity contribution >= 4 is 33.1 Å². The Morgan fingerprint density at radius 3 is 2.89 bits per heavy atom. The molecule has 2 aromatic heterocycles. The summed E-state index contributed by atoms with van der Waals surface area (Å²) in [5.74, 6) is 0.611. The van der Waals surface area contributed by atoms with Crippen molar-refractivity contribution in [3.8, 4) is 6.07 Å². The molecule has 0 saturated carbocycles. The maximum Gasteiger partial charge on any atom is 0.158 e. The molecule has 6 heteroatoms. The van der Waals surface area contributed by atoms with E-state index in [2.05, 4.69) is 20.3 Å². The summed E-state index contributed by atoms with van der Waals surface area (Å²) in [5, 5.41) is 12.9. The van der Waals surface area contributed by atoms with Gasteiger partial charge in [-0.05, 0) is 25.1 Å². The number of nitrogens with zero attached hydrogens (tertiary/aromatic N) is 4. The van der Waals surface area contributed by atoms with Crippen LogP contribution >= 0.6 is 11.3 Å². The Bertz CT molecular complexity index is 770. The molecule has 0 amide bonds. The Balaban J connectivity index is 1.89. The summed E-state index contributed by atoms with van der Waals surface area (Å²) in [6, 6.07) is 7.88. The average molecular weight is 267 g/mol. The normalized spacial score (nSPS) is 10.3. The topological polar surface area (TPSA) is 74.5 Å². The number of nitriles is 1. The highest BCUT2D eigenvalue weighted by atomic mass is 32.1. The van der Waals surface area contributed by atoms with Crippen LogP contribution < -0.4 is 5.32 Å². The lowest BCUT2D eigenvalue weighted by Crippen LogP contribution is -1.95. The Kier molecular flexibility index (Phi) is 2.82. The van der Waals surface area contributed by atoms with Gasteiger partial charge >= 0.3 is 0 Å². The third kappa shape index (κ3) is 2.37. The molecule has 0 fully saturated rings. The highest BCUT2D eigenvalue weighted by molar-refractivity contribution is 7.18. The first-order valence-electron chi connectivity index (χ1n) is 5.61. The first kappa shape index (κ1) is 11.6. The zero-order chi connectivity index (χ0) is 13.2. The first-order chi connectivity index (χ1) is 9.24. The SMILES string of the molecule is Cc1nc2ccc(Nc3cnc(C#N)cn3)cc2s1. The third-order valence-corrected chi connectivity index (χ3v) is 3.47. The highest BCUT2D eigenvalue weighted by Gasteiger charge is 2.03. The van der Waals surface area contributed by atoms with Crippen LogP contribution in [-0.2, 0) is 0 Å². The number of hydrogen-bond donors (Lipinski definition) is 1. The number of anilines is 2. The van der Waals surface area contributed by atoms with E-state index in [0.29, 0.717) is 11.5 Å². The predicted octanol–water partition coefficient (Wildman–Crippen LogP) is 3.01. The fourth-order valence-corrected chi connectivity index (χ4v) is 2.58. The quantitative estimate of drug-likeness (QED) is 0.772. The zero-order valence-corrected chi connectivity index (χ0v) is 10.9. The molecule has 1 N–H and O–H groups in total. The largest absolute Gasteiger partial charge is 0.339 e. The number of thiazole rings is 1. The second kappa shape index (κ2) is 4.63. The van der Waals surface area contributed by atoms with Crippen LogP contribution in [0.1, 0.15) is 10.7 Å². The molecule has 0 aliphatic heterocycles. The Hall–Kier alpha value is -2.52. The summed E-state index contributed by atoms with van der Waals surface area (Å²) in [6.07, 6.45) is 2.98. The molecule has 3 rings (SSSR count). The maximum atomic E-state index is 8.66. The molecule has 0 atom stereocenters. The average Bonchev–Trinajstić information content (AvgIpc) is 2.79. The van der Waals surface area contributed by atoms with Crippen molar-refractivity contribution in [3.05, 3.63) is 41.3 Å². The number of fused-ring (bicyclic) bond motifs is 1. The smallest absolute Gasteiger partial charge is 0.158 e. The molecule has 3 aromatic rings. The first-order valence-corrected chi connectivity index (χ1v) is 6.42. The van der Waals surface area contributed by atoms with E-state index in [1.807, 2.05) is 31.2 Å². The van der Waals surface area contributed by atoms with Crippen molar-refractivity contribution in [2.45, 2.75) is 6.92 Å². The number of aromatic nitrogens is 3. The minimum Gasteiger partial charge on any atom is -0.339 e. The van der Waals surface area contributed by atoms with Gasteiger partial charge in [-0.1, -0.05) is 0 Å². The number of aryl methyl sites for hydroxylation is 1. The molecule has 0 spiro atoms. The number of hydrogen-bond acceptors (Lipinski definition) is 6. The van der Waals surface area contributed by atoms with Crippen LogP contribution in [-0.4, -0.2) is 15.0 Å². The zero-order valence-electron chi connectivity index (χ0n) is 10.1. The van der Waals surface area contributed by atoms with E-state index in [-0.39, 0.29) is 0 Å². The van der Waals surface area contributed by atoms with Crippen LogP contribution in [0.4, 0.5) is 11.5 Å². The second-order valence-electron chi connectivity index (χ2n) is 3.94. The molecule has 92 valence electrons. The van der Waals surface area contributed by atoms with E-state index in [4.69, 9.17) is 5.26 Å². The van der Waals surface area contributed by atoms with Gasteiger partial charge < -0.3 is 5.32 Å². The fraction of sp³-hybridized carbons (Fsp3) is 0.0769. The molecular formula is C13H9N5S. The molecule has 0 aliphatic rings. The minimum atomic E-state index is 0.305. The van der Waals surface area contributed by atoms with Gasteiger partial charge in [-0.2, -0.15) is 5.26 Å². The molecule has 0 aliphatic carbocycles. The van der Waals surface area contributed by atoms with Gasteiger partial charge in [0.05, 0.1) is 27.6 Å². The summed E-state index contributed by atoms with van der Waals surface area (Å²) in [7, 11) is 0. The molecule has 0 saturated heterocycles. The molecule has 1 aromatic carbocycles. The molecule has 2 heterocycles. The van der Waals surface area contributed by atoms with Crippen LogP contribution in [0, 0.1) is 18.3 Å². The van der Waals surface area contributed by atoms with Gasteiger partial charge in [0.25, 0.3) is 0 Å². The van der Waals surface area contributed by atoms with Crippen molar-refractivity contribution in [2.75, 3.05) is 5.32 Å². The van der Waals surface area contributed by atoms with Gasteiger partial charge in [0.2, 0.25) is 0 Å². The van der Waals surface area contributed by atoms with Crippen LogP contribution in [0.15, 0.2) is 30.6 Å². The van der Waals surface area contributed by atoms with Crippen molar-refractivity contribution in [1.29, 1.82) is 5.26 Å². The number of rotatable bonds is 2. The molecule has 19 heavy (non-hydrogen) atoms. The summed E-state index contributed by atoms with van der Waals surface area (Å²) in [4.78, 5) is 12.5. The van der Waals surface area contributed by atoms with Crippen LogP contribution in [0.3, 0.4) is 0 Å². The van der Waals surface area contributed by atoms with E-state index in [0.717, 1.165) is 20.9 Å². The fourth-order valence-electron chi connectivity index (χ4n) is 1.72. The predicted molar refractivity (Wildman–Crippen MR) is 74.4 cm³/mol. The summed E-state index contributed by atoms with van der Waals surface area (Å²) >= 11 is 1.65. The molecule has 0 radical (unpaired) electrons. The van der Waals surface area contributed by atoms with Crippen molar-refractivity contribution in [3.63, 3.8) is 0 Å². The maximum absolute atomic E-state index is 8.66. The van der Waals surface area contributed by atoms with Crippen LogP contribution in [0.2, 0.25) is 0 Å². The third-order valence-electron chi connectivity index (χ3n) is 2.53. The monoisotopic (exact) mass is 267 g/mol. The Labute approximate surface area is 113 Å². The van der Waals surface area contributed by atoms with Crippen molar-refractivity contribution < 1.29 is 0 Å². The van der Waals surface area contributed by atoms with Gasteiger partial charge in [-0.15, -0.1) is 11.3 Å². The summed E-state index contributed by atoms with van der Waals surface area (Å²) < 4.78 is 1.13. The summed E-state index contributed by atoms with van der Waals surface area (Å²) in [6.45, 7) is 1.99. The van der Waals surface area contributed by atoms with Crippen molar-refractivity contribution in [2.24, 2.45) is 0 Å². The Morgan fingerprint density at radius 2 is 2.16 bits per heavy atom. The van der Waals surface area contributed by atoms with E-state index < -0.39 is 0 Å². The van der Waals surface area contributed by atoms with Gasteiger partial charge in [-0.25, -0.2) is 15.0 Å². The Morgan fingerprint density at radius 1 is 1.26 bits per heavy atom. The molecule has 0 unspecified atom stereocenters. The van der Waals surface area contributed by atoms with Gasteiger partial charge in [-0.3, -0.25) is 0 Å². The van der Waals surface area contributed by atoms with E-state index in [1.165, 1.54) is 6.20 Å². The second-order valence-corrected chi connectivity index (χ2v) is 5.17. The lowest BCUT2D eigenvalue weighted by molar-refractivity contribution is 1.16. The minimum absolute atomic E-state index is 0.305. The van der Waals surface area contributed by atoms with Crippen LogP contribution in [0.25, 0.3) is 10.2 Å². The lowest BCUT2D eigenvalue weighted by Gasteiger charge is -2.04. The van der Waals surface area contributed by atoms with E-state index in [1.54, 1.807) is 17.5 Å². The van der Waals surface area contributed by atoms with Crippen molar-refractivity contribution in [1.82, 2.24) is 15.0 Å². The number of nitrogens with one attached hydrogen (secondary N) is 1. The molecule has 0 bridgehead atoms. The number of benzene rings is 1. The lowest BCUT2D eigenvalue weighted by atomic mass is 10.3.